The molecule has 1 saturated carbocycles. The van der Waals surface area contributed by atoms with Crippen LogP contribution in [0.4, 0.5) is 5.82 Å². The molecule has 1 aliphatic carbocycles. The first-order valence-corrected chi connectivity index (χ1v) is 6.83. The van der Waals surface area contributed by atoms with E-state index in [0.717, 1.165) is 12.2 Å². The van der Waals surface area contributed by atoms with Gasteiger partial charge in [0.05, 0.1) is 6.61 Å². The van der Waals surface area contributed by atoms with Crippen LogP contribution in [0.25, 0.3) is 0 Å². The number of nitrogens with zero attached hydrogens (tertiary/aromatic N) is 2. The molecule has 4 heteroatoms. The largest absolute Gasteiger partial charge is 0.478 e. The minimum Gasteiger partial charge on any atom is -0.478 e. The molecule has 0 aliphatic heterocycles. The summed E-state index contributed by atoms with van der Waals surface area (Å²) in [6.45, 7) is 7.41. The Kier molecular flexibility index (Phi) is 4.04. The van der Waals surface area contributed by atoms with Gasteiger partial charge in [-0.05, 0) is 24.7 Å². The summed E-state index contributed by atoms with van der Waals surface area (Å²) in [6.07, 6.45) is 6.32. The summed E-state index contributed by atoms with van der Waals surface area (Å²) in [5, 5.41) is 3.52. The van der Waals surface area contributed by atoms with E-state index in [1.807, 2.05) is 6.07 Å². The minimum absolute atomic E-state index is 0.343. The molecule has 0 aromatic carbocycles. The Bertz CT molecular complexity index is 392. The van der Waals surface area contributed by atoms with E-state index in [1.165, 1.54) is 19.3 Å². The van der Waals surface area contributed by atoms with Crippen molar-refractivity contribution in [1.29, 1.82) is 0 Å². The highest BCUT2D eigenvalue weighted by Crippen LogP contribution is 2.38. The monoisotopic (exact) mass is 249 g/mol. The Morgan fingerprint density at radius 3 is 2.94 bits per heavy atom. The van der Waals surface area contributed by atoms with Crippen LogP contribution in [0, 0.1) is 5.41 Å². The van der Waals surface area contributed by atoms with E-state index in [2.05, 4.69) is 36.1 Å². The average Bonchev–Trinajstić information content (AvgIpc) is 2.67. The summed E-state index contributed by atoms with van der Waals surface area (Å²) in [7, 11) is 0. The molecule has 0 radical (unpaired) electrons. The van der Waals surface area contributed by atoms with Crippen LogP contribution in [0.5, 0.6) is 5.88 Å². The van der Waals surface area contributed by atoms with Gasteiger partial charge in [-0.1, -0.05) is 27.2 Å². The molecule has 1 heterocycles. The molecule has 1 atom stereocenters. The maximum Gasteiger partial charge on any atom is 0.218 e. The molecule has 1 fully saturated rings. The van der Waals surface area contributed by atoms with Crippen molar-refractivity contribution in [1.82, 2.24) is 9.97 Å². The molecule has 1 unspecified atom stereocenters. The second-order valence-electron chi connectivity index (χ2n) is 5.67. The number of rotatable bonds is 5. The summed E-state index contributed by atoms with van der Waals surface area (Å²) in [5.41, 5.74) is 0.343. The highest BCUT2D eigenvalue weighted by molar-refractivity contribution is 5.39. The molecular weight excluding hydrogens is 226 g/mol. The van der Waals surface area contributed by atoms with Crippen LogP contribution >= 0.6 is 0 Å². The van der Waals surface area contributed by atoms with Crippen LogP contribution in [0.15, 0.2) is 12.4 Å². The lowest BCUT2D eigenvalue weighted by atomic mass is 9.87. The molecule has 1 N–H and O–H groups in total. The van der Waals surface area contributed by atoms with Gasteiger partial charge in [-0.15, -0.1) is 0 Å². The molecule has 0 spiro atoms. The second kappa shape index (κ2) is 5.55. The van der Waals surface area contributed by atoms with E-state index in [4.69, 9.17) is 4.74 Å². The van der Waals surface area contributed by atoms with Crippen LogP contribution in [-0.4, -0.2) is 22.6 Å². The third-order valence-electron chi connectivity index (χ3n) is 3.68. The van der Waals surface area contributed by atoms with Crippen LogP contribution in [0.3, 0.4) is 0 Å². The Morgan fingerprint density at radius 2 is 2.28 bits per heavy atom. The summed E-state index contributed by atoms with van der Waals surface area (Å²) in [6, 6.07) is 2.38. The maximum atomic E-state index is 5.52. The van der Waals surface area contributed by atoms with Crippen LogP contribution < -0.4 is 10.1 Å². The van der Waals surface area contributed by atoms with Crippen molar-refractivity contribution in [3.63, 3.8) is 0 Å². The first-order valence-electron chi connectivity index (χ1n) is 6.83. The normalized spacial score (nSPS) is 21.8. The fourth-order valence-corrected chi connectivity index (χ4v) is 2.48. The highest BCUT2D eigenvalue weighted by Gasteiger charge is 2.34. The molecule has 0 saturated heterocycles. The minimum atomic E-state index is 0.343. The predicted octanol–water partition coefficient (Wildman–Crippen LogP) is 3.26. The predicted molar refractivity (Wildman–Crippen MR) is 72.9 cm³/mol. The molecule has 1 aromatic rings. The molecule has 0 bridgehead atoms. The van der Waals surface area contributed by atoms with Gasteiger partial charge in [-0.25, -0.2) is 9.97 Å². The van der Waals surface area contributed by atoms with Gasteiger partial charge in [0.15, 0.2) is 0 Å². The van der Waals surface area contributed by atoms with Crippen LogP contribution in [0.1, 0.15) is 46.5 Å². The number of ether oxygens (including phenoxy) is 1. The van der Waals surface area contributed by atoms with Crippen molar-refractivity contribution in [2.24, 2.45) is 5.41 Å². The van der Waals surface area contributed by atoms with Gasteiger partial charge in [0.1, 0.15) is 12.1 Å². The fourth-order valence-electron chi connectivity index (χ4n) is 2.48. The lowest BCUT2D eigenvalue weighted by Gasteiger charge is -2.28. The first kappa shape index (κ1) is 13.1. The molecule has 4 nitrogen and oxygen atoms in total. The van der Waals surface area contributed by atoms with Crippen molar-refractivity contribution in [3.05, 3.63) is 12.4 Å². The zero-order valence-corrected chi connectivity index (χ0v) is 11.6. The molecule has 100 valence electrons. The van der Waals surface area contributed by atoms with Gasteiger partial charge < -0.3 is 10.1 Å². The molecule has 2 rings (SSSR count). The van der Waals surface area contributed by atoms with Crippen molar-refractivity contribution in [3.8, 4) is 5.88 Å². The van der Waals surface area contributed by atoms with E-state index in [9.17, 15) is 0 Å². The third-order valence-corrected chi connectivity index (χ3v) is 3.68. The van der Waals surface area contributed by atoms with Gasteiger partial charge in [0.25, 0.3) is 0 Å². The van der Waals surface area contributed by atoms with E-state index in [0.29, 0.717) is 23.9 Å². The highest BCUT2D eigenvalue weighted by atomic mass is 16.5. The van der Waals surface area contributed by atoms with Crippen molar-refractivity contribution < 1.29 is 4.74 Å². The van der Waals surface area contributed by atoms with E-state index >= 15 is 0 Å². The summed E-state index contributed by atoms with van der Waals surface area (Å²) in [4.78, 5) is 8.39. The molecule has 1 aliphatic rings. The summed E-state index contributed by atoms with van der Waals surface area (Å²) < 4.78 is 5.52. The second-order valence-corrected chi connectivity index (χ2v) is 5.67. The third kappa shape index (κ3) is 3.12. The zero-order chi connectivity index (χ0) is 13.0. The van der Waals surface area contributed by atoms with Gasteiger partial charge >= 0.3 is 0 Å². The topological polar surface area (TPSA) is 47.0 Å². The van der Waals surface area contributed by atoms with Crippen molar-refractivity contribution in [2.45, 2.75) is 52.5 Å². The Hall–Kier alpha value is -1.32. The quantitative estimate of drug-likeness (QED) is 0.870. The van der Waals surface area contributed by atoms with Gasteiger partial charge in [0.2, 0.25) is 5.88 Å². The zero-order valence-electron chi connectivity index (χ0n) is 11.6. The van der Waals surface area contributed by atoms with E-state index < -0.39 is 0 Å². The van der Waals surface area contributed by atoms with Crippen molar-refractivity contribution in [2.75, 3.05) is 11.9 Å². The average molecular weight is 249 g/mol. The molecule has 18 heavy (non-hydrogen) atoms. The summed E-state index contributed by atoms with van der Waals surface area (Å²) >= 11 is 0. The Labute approximate surface area is 109 Å². The number of aromatic nitrogens is 2. The maximum absolute atomic E-state index is 5.52. The first-order chi connectivity index (χ1) is 8.62. The van der Waals surface area contributed by atoms with Crippen molar-refractivity contribution >= 4 is 5.82 Å². The number of hydrogen-bond donors (Lipinski definition) is 1. The standard InChI is InChI=1S/C14H23N3O/c1-4-8-18-13-9-12(15-10-16-13)17-11-6-5-7-14(11,2)3/h9-11H,4-8H2,1-3H3,(H,15,16,17). The molecular formula is C14H23N3O. The van der Waals surface area contributed by atoms with Crippen LogP contribution in [0.2, 0.25) is 0 Å². The Morgan fingerprint density at radius 1 is 1.44 bits per heavy atom. The van der Waals surface area contributed by atoms with Crippen LogP contribution in [-0.2, 0) is 0 Å². The summed E-state index contributed by atoms with van der Waals surface area (Å²) in [5.74, 6) is 1.53. The molecule has 0 amide bonds. The molecule has 1 aromatic heterocycles. The fraction of sp³-hybridized carbons (Fsp3) is 0.714. The SMILES string of the molecule is CCCOc1cc(NC2CCCC2(C)C)ncn1. The number of anilines is 1. The lowest BCUT2D eigenvalue weighted by Crippen LogP contribution is -2.31. The van der Waals surface area contributed by atoms with Gasteiger partial charge in [-0.2, -0.15) is 0 Å². The Balaban J connectivity index is 2.00. The van der Waals surface area contributed by atoms with E-state index in [1.54, 1.807) is 6.33 Å². The van der Waals surface area contributed by atoms with Gasteiger partial charge in [0, 0.05) is 12.1 Å². The number of nitrogens with one attached hydrogen (secondary N) is 1. The van der Waals surface area contributed by atoms with E-state index in [-0.39, 0.29) is 0 Å². The number of hydrogen-bond acceptors (Lipinski definition) is 4. The smallest absolute Gasteiger partial charge is 0.218 e. The van der Waals surface area contributed by atoms with Gasteiger partial charge in [-0.3, -0.25) is 0 Å². The lowest BCUT2D eigenvalue weighted by molar-refractivity contribution is 0.304.